The van der Waals surface area contributed by atoms with E-state index in [9.17, 15) is 5.11 Å². The molecule has 0 unspecified atom stereocenters. The third kappa shape index (κ3) is 3.76. The second-order valence-corrected chi connectivity index (χ2v) is 4.76. The van der Waals surface area contributed by atoms with Crippen molar-refractivity contribution in [3.05, 3.63) is 24.3 Å². The first-order valence-electron chi connectivity index (χ1n) is 5.24. The van der Waals surface area contributed by atoms with Crippen LogP contribution >= 0.6 is 11.8 Å². The van der Waals surface area contributed by atoms with E-state index in [4.69, 9.17) is 5.11 Å². The molecule has 2 N–H and O–H groups in total. The van der Waals surface area contributed by atoms with Crippen LogP contribution in [0.3, 0.4) is 0 Å². The molecule has 0 bridgehead atoms. The minimum Gasteiger partial charge on any atom is -0.508 e. The molecular formula is C12H18O2S. The first-order chi connectivity index (χ1) is 7.09. The molecular weight excluding hydrogens is 208 g/mol. The summed E-state index contributed by atoms with van der Waals surface area (Å²) in [6, 6.07) is 7.07. The van der Waals surface area contributed by atoms with Crippen molar-refractivity contribution < 1.29 is 10.2 Å². The molecule has 0 aromatic heterocycles. The SMILES string of the molecule is CCC(O)(CC)CSc1ccc(O)cc1. The number of rotatable bonds is 5. The van der Waals surface area contributed by atoms with Crippen LogP contribution < -0.4 is 0 Å². The van der Waals surface area contributed by atoms with Gasteiger partial charge in [-0.25, -0.2) is 0 Å². The number of phenolic OH excluding ortho intramolecular Hbond substituents is 1. The van der Waals surface area contributed by atoms with Gasteiger partial charge in [0.15, 0.2) is 0 Å². The van der Waals surface area contributed by atoms with Crippen molar-refractivity contribution in [1.29, 1.82) is 0 Å². The Balaban J connectivity index is 2.53. The fraction of sp³-hybridized carbons (Fsp3) is 0.500. The van der Waals surface area contributed by atoms with E-state index >= 15 is 0 Å². The topological polar surface area (TPSA) is 40.5 Å². The van der Waals surface area contributed by atoms with Gasteiger partial charge in [0.1, 0.15) is 5.75 Å². The zero-order valence-corrected chi connectivity index (χ0v) is 10.0. The van der Waals surface area contributed by atoms with Crippen molar-refractivity contribution in [3.8, 4) is 5.75 Å². The molecule has 0 spiro atoms. The summed E-state index contributed by atoms with van der Waals surface area (Å²) in [5, 5.41) is 19.2. The predicted molar refractivity (Wildman–Crippen MR) is 64.4 cm³/mol. The third-order valence-electron chi connectivity index (χ3n) is 2.66. The smallest absolute Gasteiger partial charge is 0.115 e. The summed E-state index contributed by atoms with van der Waals surface area (Å²) in [4.78, 5) is 1.08. The van der Waals surface area contributed by atoms with Gasteiger partial charge in [0.05, 0.1) is 5.60 Å². The Labute approximate surface area is 95.3 Å². The summed E-state index contributed by atoms with van der Waals surface area (Å²) in [6.07, 6.45) is 1.54. The molecule has 0 saturated heterocycles. The summed E-state index contributed by atoms with van der Waals surface area (Å²) in [5.41, 5.74) is -0.567. The highest BCUT2D eigenvalue weighted by atomic mass is 32.2. The standard InChI is InChI=1S/C12H18O2S/c1-3-12(14,4-2)9-15-11-7-5-10(13)6-8-11/h5-8,13-14H,3-4,9H2,1-2H3. The van der Waals surface area contributed by atoms with Crippen LogP contribution in [0.5, 0.6) is 5.75 Å². The molecule has 3 heteroatoms. The molecule has 0 amide bonds. The van der Waals surface area contributed by atoms with Gasteiger partial charge in [0, 0.05) is 10.6 Å². The van der Waals surface area contributed by atoms with Crippen LogP contribution in [0.2, 0.25) is 0 Å². The Morgan fingerprint density at radius 2 is 1.67 bits per heavy atom. The van der Waals surface area contributed by atoms with E-state index in [1.807, 2.05) is 26.0 Å². The summed E-state index contributed by atoms with van der Waals surface area (Å²) in [5.74, 6) is 0.978. The van der Waals surface area contributed by atoms with Gasteiger partial charge in [-0.1, -0.05) is 13.8 Å². The number of aliphatic hydroxyl groups is 1. The van der Waals surface area contributed by atoms with Crippen LogP contribution in [-0.4, -0.2) is 21.6 Å². The van der Waals surface area contributed by atoms with Crippen molar-refractivity contribution in [3.63, 3.8) is 0 Å². The van der Waals surface area contributed by atoms with Gasteiger partial charge in [-0.15, -0.1) is 11.8 Å². The van der Waals surface area contributed by atoms with E-state index in [1.165, 1.54) is 0 Å². The Morgan fingerprint density at radius 1 is 1.13 bits per heavy atom. The van der Waals surface area contributed by atoms with Crippen LogP contribution in [0, 0.1) is 0 Å². The largest absolute Gasteiger partial charge is 0.508 e. The lowest BCUT2D eigenvalue weighted by Crippen LogP contribution is -2.29. The fourth-order valence-corrected chi connectivity index (χ4v) is 2.39. The summed E-state index contributed by atoms with van der Waals surface area (Å²) in [7, 11) is 0. The predicted octanol–water partition coefficient (Wildman–Crippen LogP) is 3.04. The monoisotopic (exact) mass is 226 g/mol. The van der Waals surface area contributed by atoms with Crippen LogP contribution in [0.15, 0.2) is 29.2 Å². The van der Waals surface area contributed by atoms with E-state index in [0.717, 1.165) is 17.7 Å². The molecule has 0 aliphatic rings. The molecule has 2 nitrogen and oxygen atoms in total. The second-order valence-electron chi connectivity index (χ2n) is 3.71. The lowest BCUT2D eigenvalue weighted by atomic mass is 10.0. The number of thioether (sulfide) groups is 1. The van der Waals surface area contributed by atoms with Gasteiger partial charge in [0.25, 0.3) is 0 Å². The second kappa shape index (κ2) is 5.42. The van der Waals surface area contributed by atoms with Crippen molar-refractivity contribution in [2.45, 2.75) is 37.2 Å². The van der Waals surface area contributed by atoms with E-state index in [-0.39, 0.29) is 5.75 Å². The van der Waals surface area contributed by atoms with Crippen molar-refractivity contribution in [1.82, 2.24) is 0 Å². The summed E-state index contributed by atoms with van der Waals surface area (Å²) in [6.45, 7) is 4.00. The van der Waals surface area contributed by atoms with Crippen LogP contribution in [0.1, 0.15) is 26.7 Å². The molecule has 0 fully saturated rings. The highest BCUT2D eigenvalue weighted by Gasteiger charge is 2.21. The molecule has 1 aromatic carbocycles. The van der Waals surface area contributed by atoms with E-state index in [0.29, 0.717) is 5.75 Å². The maximum Gasteiger partial charge on any atom is 0.115 e. The number of benzene rings is 1. The Bertz CT molecular complexity index is 291. The van der Waals surface area contributed by atoms with E-state index < -0.39 is 5.60 Å². The first-order valence-corrected chi connectivity index (χ1v) is 6.22. The molecule has 1 aromatic rings. The Hall–Kier alpha value is -0.670. The number of hydrogen-bond donors (Lipinski definition) is 2. The molecule has 0 saturated carbocycles. The van der Waals surface area contributed by atoms with E-state index in [2.05, 4.69) is 0 Å². The fourth-order valence-electron chi connectivity index (χ4n) is 1.21. The zero-order valence-electron chi connectivity index (χ0n) is 9.23. The van der Waals surface area contributed by atoms with Crippen LogP contribution in [0.4, 0.5) is 0 Å². The molecule has 1 rings (SSSR count). The average molecular weight is 226 g/mol. The summed E-state index contributed by atoms with van der Waals surface area (Å²) >= 11 is 1.62. The Morgan fingerprint density at radius 3 is 2.13 bits per heavy atom. The molecule has 0 heterocycles. The summed E-state index contributed by atoms with van der Waals surface area (Å²) < 4.78 is 0. The molecule has 0 atom stereocenters. The maximum atomic E-state index is 10.1. The number of hydrogen-bond acceptors (Lipinski definition) is 3. The van der Waals surface area contributed by atoms with Gasteiger partial charge >= 0.3 is 0 Å². The normalized spacial score (nSPS) is 11.7. The highest BCUT2D eigenvalue weighted by Crippen LogP contribution is 2.27. The van der Waals surface area contributed by atoms with Gasteiger partial charge in [0.2, 0.25) is 0 Å². The highest BCUT2D eigenvalue weighted by molar-refractivity contribution is 7.99. The molecule has 0 radical (unpaired) electrons. The van der Waals surface area contributed by atoms with Gasteiger partial charge in [-0.05, 0) is 37.1 Å². The quantitative estimate of drug-likeness (QED) is 0.758. The van der Waals surface area contributed by atoms with Gasteiger partial charge in [-0.2, -0.15) is 0 Å². The average Bonchev–Trinajstić information content (AvgIpc) is 2.28. The van der Waals surface area contributed by atoms with Crippen LogP contribution in [-0.2, 0) is 0 Å². The minimum absolute atomic E-state index is 0.278. The zero-order chi connectivity index (χ0) is 11.3. The maximum absolute atomic E-state index is 10.1. The lowest BCUT2D eigenvalue weighted by molar-refractivity contribution is 0.0572. The third-order valence-corrected chi connectivity index (χ3v) is 3.95. The van der Waals surface area contributed by atoms with Crippen LogP contribution in [0.25, 0.3) is 0 Å². The van der Waals surface area contributed by atoms with E-state index in [1.54, 1.807) is 23.9 Å². The van der Waals surface area contributed by atoms with Gasteiger partial charge < -0.3 is 10.2 Å². The number of phenols is 1. The Kier molecular flexibility index (Phi) is 4.48. The van der Waals surface area contributed by atoms with Gasteiger partial charge in [-0.3, -0.25) is 0 Å². The molecule has 15 heavy (non-hydrogen) atoms. The molecule has 0 aliphatic heterocycles. The van der Waals surface area contributed by atoms with Crippen molar-refractivity contribution in [2.75, 3.05) is 5.75 Å². The van der Waals surface area contributed by atoms with Crippen molar-refractivity contribution >= 4 is 11.8 Å². The molecule has 84 valence electrons. The van der Waals surface area contributed by atoms with Crippen molar-refractivity contribution in [2.24, 2.45) is 0 Å². The first kappa shape index (κ1) is 12.4. The number of aromatic hydroxyl groups is 1. The lowest BCUT2D eigenvalue weighted by Gasteiger charge is -2.24. The minimum atomic E-state index is -0.567. The molecule has 0 aliphatic carbocycles.